The lowest BCUT2D eigenvalue weighted by Gasteiger charge is -2.04. The molecule has 10 heteroatoms. The molecule has 0 bridgehead atoms. The Kier molecular flexibility index (Phi) is 4.77. The van der Waals surface area contributed by atoms with Gasteiger partial charge in [0.25, 0.3) is 5.91 Å². The molecule has 1 aromatic carbocycles. The molecule has 3 aromatic heterocycles. The van der Waals surface area contributed by atoms with E-state index in [1.807, 2.05) is 6.92 Å². The zero-order chi connectivity index (χ0) is 20.5. The molecule has 1 amide bonds. The van der Waals surface area contributed by atoms with Crippen molar-refractivity contribution in [2.24, 2.45) is 0 Å². The molecule has 29 heavy (non-hydrogen) atoms. The van der Waals surface area contributed by atoms with Crippen LogP contribution in [0.3, 0.4) is 0 Å². The van der Waals surface area contributed by atoms with Crippen LogP contribution in [0.5, 0.6) is 0 Å². The molecule has 0 spiro atoms. The van der Waals surface area contributed by atoms with Crippen molar-refractivity contribution in [3.8, 4) is 0 Å². The number of hydrogen-bond donors (Lipinski definition) is 1. The normalized spacial score (nSPS) is 11.0. The Labute approximate surface area is 167 Å². The number of pyridine rings is 1. The second kappa shape index (κ2) is 7.40. The smallest absolute Gasteiger partial charge is 0.310 e. The van der Waals surface area contributed by atoms with Gasteiger partial charge in [-0.15, -0.1) is 11.3 Å². The van der Waals surface area contributed by atoms with Gasteiger partial charge in [-0.1, -0.05) is 12.1 Å². The first-order chi connectivity index (χ1) is 13.9. The number of aromatic nitrogens is 3. The second-order valence-electron chi connectivity index (χ2n) is 6.30. The van der Waals surface area contributed by atoms with E-state index in [-0.39, 0.29) is 17.2 Å². The average Bonchev–Trinajstić information content (AvgIpc) is 3.25. The van der Waals surface area contributed by atoms with E-state index in [0.29, 0.717) is 11.4 Å². The zero-order valence-electron chi connectivity index (χ0n) is 15.1. The highest BCUT2D eigenvalue weighted by Gasteiger charge is 2.20. The van der Waals surface area contributed by atoms with Crippen molar-refractivity contribution in [1.29, 1.82) is 0 Å². The maximum atomic E-state index is 13.1. The summed E-state index contributed by atoms with van der Waals surface area (Å²) in [6, 6.07) is 9.23. The first-order valence-corrected chi connectivity index (χ1v) is 9.35. The number of amides is 1. The monoisotopic (exact) mass is 411 g/mol. The van der Waals surface area contributed by atoms with Gasteiger partial charge in [0.15, 0.2) is 0 Å². The van der Waals surface area contributed by atoms with Crippen molar-refractivity contribution in [3.05, 3.63) is 80.9 Å². The van der Waals surface area contributed by atoms with Crippen LogP contribution in [0.1, 0.15) is 20.9 Å². The highest BCUT2D eigenvalue weighted by atomic mass is 32.1. The highest BCUT2D eigenvalue weighted by Crippen LogP contribution is 2.30. The SMILES string of the molecule is Cc1nn(Cc2ccc(F)cc2)c2sc(C(=O)Nc3ccncc3[N+](=O)[O-])cc12. The molecule has 8 nitrogen and oxygen atoms in total. The van der Waals surface area contributed by atoms with Crippen LogP contribution >= 0.6 is 11.3 Å². The van der Waals surface area contributed by atoms with Crippen molar-refractivity contribution in [1.82, 2.24) is 14.8 Å². The summed E-state index contributed by atoms with van der Waals surface area (Å²) in [5.74, 6) is -0.760. The lowest BCUT2D eigenvalue weighted by molar-refractivity contribution is -0.384. The van der Waals surface area contributed by atoms with Gasteiger partial charge in [-0.2, -0.15) is 5.10 Å². The highest BCUT2D eigenvalue weighted by molar-refractivity contribution is 7.20. The third-order valence-corrected chi connectivity index (χ3v) is 5.47. The summed E-state index contributed by atoms with van der Waals surface area (Å²) in [6.45, 7) is 2.27. The molecule has 0 fully saturated rings. The van der Waals surface area contributed by atoms with E-state index in [1.54, 1.807) is 22.9 Å². The summed E-state index contributed by atoms with van der Waals surface area (Å²) in [5.41, 5.74) is 1.44. The summed E-state index contributed by atoms with van der Waals surface area (Å²) in [7, 11) is 0. The molecule has 0 aliphatic heterocycles. The minimum Gasteiger partial charge on any atom is -0.315 e. The molecule has 0 radical (unpaired) electrons. The second-order valence-corrected chi connectivity index (χ2v) is 7.33. The Hall–Kier alpha value is -3.66. The third-order valence-electron chi connectivity index (χ3n) is 4.32. The van der Waals surface area contributed by atoms with Crippen molar-refractivity contribution in [3.63, 3.8) is 0 Å². The Morgan fingerprint density at radius 3 is 2.79 bits per heavy atom. The van der Waals surface area contributed by atoms with Gasteiger partial charge < -0.3 is 5.32 Å². The average molecular weight is 411 g/mol. The van der Waals surface area contributed by atoms with Gasteiger partial charge in [0.1, 0.15) is 22.5 Å². The standard InChI is InChI=1S/C19H14FN5O3S/c1-11-14-8-17(18(26)22-15-6-7-21-9-16(15)25(27)28)29-19(14)24(23-11)10-12-2-4-13(20)5-3-12/h2-9H,10H2,1H3,(H,21,22,26). The summed E-state index contributed by atoms with van der Waals surface area (Å²) in [5, 5.41) is 19.0. The summed E-state index contributed by atoms with van der Waals surface area (Å²) in [6.07, 6.45) is 2.46. The van der Waals surface area contributed by atoms with Gasteiger partial charge in [0.05, 0.1) is 22.0 Å². The number of fused-ring (bicyclic) bond motifs is 1. The predicted octanol–water partition coefficient (Wildman–Crippen LogP) is 4.15. The molecule has 1 N–H and O–H groups in total. The Balaban J connectivity index is 1.63. The lowest BCUT2D eigenvalue weighted by atomic mass is 10.2. The number of nitrogens with zero attached hydrogens (tertiary/aromatic N) is 4. The molecule has 3 heterocycles. The maximum absolute atomic E-state index is 13.1. The zero-order valence-corrected chi connectivity index (χ0v) is 15.9. The van der Waals surface area contributed by atoms with Crippen molar-refractivity contribution in [2.75, 3.05) is 5.32 Å². The quantitative estimate of drug-likeness (QED) is 0.393. The van der Waals surface area contributed by atoms with E-state index in [0.717, 1.165) is 27.7 Å². The van der Waals surface area contributed by atoms with Crippen LogP contribution < -0.4 is 5.32 Å². The molecule has 0 aliphatic carbocycles. The van der Waals surface area contributed by atoms with E-state index < -0.39 is 10.8 Å². The number of thiophene rings is 1. The minimum absolute atomic E-state index is 0.0807. The summed E-state index contributed by atoms with van der Waals surface area (Å²) in [4.78, 5) is 28.1. The van der Waals surface area contributed by atoms with Crippen LogP contribution in [0.4, 0.5) is 15.8 Å². The van der Waals surface area contributed by atoms with Gasteiger partial charge in [-0.05, 0) is 36.8 Å². The molecule has 0 atom stereocenters. The number of nitrogens with one attached hydrogen (secondary N) is 1. The first kappa shape index (κ1) is 18.7. The number of nitro groups is 1. The Morgan fingerprint density at radius 2 is 2.07 bits per heavy atom. The minimum atomic E-state index is -0.599. The van der Waals surface area contributed by atoms with Gasteiger partial charge in [0.2, 0.25) is 0 Å². The molecule has 0 saturated carbocycles. The predicted molar refractivity (Wildman–Crippen MR) is 107 cm³/mol. The number of halogens is 1. The lowest BCUT2D eigenvalue weighted by Crippen LogP contribution is -2.11. The molecule has 146 valence electrons. The molecule has 0 unspecified atom stereocenters. The summed E-state index contributed by atoms with van der Waals surface area (Å²) < 4.78 is 14.9. The molecule has 0 aliphatic rings. The van der Waals surface area contributed by atoms with Gasteiger partial charge >= 0.3 is 5.69 Å². The Morgan fingerprint density at radius 1 is 1.31 bits per heavy atom. The topological polar surface area (TPSA) is 103 Å². The van der Waals surface area contributed by atoms with E-state index in [4.69, 9.17) is 0 Å². The van der Waals surface area contributed by atoms with Crippen LogP contribution in [-0.4, -0.2) is 25.6 Å². The van der Waals surface area contributed by atoms with E-state index >= 15 is 0 Å². The van der Waals surface area contributed by atoms with Crippen LogP contribution in [0, 0.1) is 22.9 Å². The van der Waals surface area contributed by atoms with Crippen LogP contribution in [0.25, 0.3) is 10.2 Å². The fourth-order valence-electron chi connectivity index (χ4n) is 2.92. The van der Waals surface area contributed by atoms with Crippen LogP contribution in [-0.2, 0) is 6.54 Å². The fourth-order valence-corrected chi connectivity index (χ4v) is 3.97. The Bertz CT molecular complexity index is 1230. The van der Waals surface area contributed by atoms with E-state index in [9.17, 15) is 19.3 Å². The number of hydrogen-bond acceptors (Lipinski definition) is 6. The van der Waals surface area contributed by atoms with Crippen molar-refractivity contribution < 1.29 is 14.1 Å². The third kappa shape index (κ3) is 3.69. The van der Waals surface area contributed by atoms with Crippen LogP contribution in [0.2, 0.25) is 0 Å². The van der Waals surface area contributed by atoms with E-state index in [2.05, 4.69) is 15.4 Å². The van der Waals surface area contributed by atoms with Crippen LogP contribution in [0.15, 0.2) is 48.8 Å². The molecule has 0 saturated heterocycles. The van der Waals surface area contributed by atoms with Crippen molar-refractivity contribution >= 4 is 38.8 Å². The van der Waals surface area contributed by atoms with Gasteiger partial charge in [-0.25, -0.2) is 4.39 Å². The van der Waals surface area contributed by atoms with Crippen molar-refractivity contribution in [2.45, 2.75) is 13.5 Å². The number of anilines is 1. The fraction of sp³-hybridized carbons (Fsp3) is 0.105. The largest absolute Gasteiger partial charge is 0.315 e. The number of carbonyl (C=O) groups is 1. The number of carbonyl (C=O) groups excluding carboxylic acids is 1. The molecule has 4 rings (SSSR count). The molecular weight excluding hydrogens is 397 g/mol. The maximum Gasteiger partial charge on any atom is 0.310 e. The first-order valence-electron chi connectivity index (χ1n) is 8.53. The summed E-state index contributed by atoms with van der Waals surface area (Å²) >= 11 is 1.24. The number of benzene rings is 1. The van der Waals surface area contributed by atoms with Gasteiger partial charge in [-0.3, -0.25) is 24.6 Å². The van der Waals surface area contributed by atoms with Gasteiger partial charge in [0, 0.05) is 11.6 Å². The number of aryl methyl sites for hydroxylation is 1. The molecule has 4 aromatic rings. The molecular formula is C19H14FN5O3S. The number of rotatable bonds is 5. The van der Waals surface area contributed by atoms with E-state index in [1.165, 1.54) is 35.7 Å².